The minimum Gasteiger partial charge on any atom is -0.453 e. The van der Waals surface area contributed by atoms with E-state index in [2.05, 4.69) is 69.8 Å². The highest BCUT2D eigenvalue weighted by molar-refractivity contribution is 6.04. The second-order valence-corrected chi connectivity index (χ2v) is 14.5. The smallest absolute Gasteiger partial charge is 0.407 e. The Morgan fingerprint density at radius 1 is 0.962 bits per heavy atom. The van der Waals surface area contributed by atoms with Gasteiger partial charge < -0.3 is 35.5 Å². The fraction of sp³-hybridized carbons (Fsp3) is 0.425. The summed E-state index contributed by atoms with van der Waals surface area (Å²) in [6.45, 7) is 14.7. The van der Waals surface area contributed by atoms with Crippen LogP contribution in [0.2, 0.25) is 0 Å². The van der Waals surface area contributed by atoms with E-state index < -0.39 is 12.1 Å². The van der Waals surface area contributed by atoms with Gasteiger partial charge in [0.2, 0.25) is 5.91 Å². The summed E-state index contributed by atoms with van der Waals surface area (Å²) in [7, 11) is 1.29. The SMILES string of the molecule is COC(=O)N[C@H](C(=O)N1CCC[C@H]1c1ncc(-c2ccc(-c3ccc(NC(=O)c4ccc(N5C[C@H](C)NC[C@H]5C)nc4)cc3C)c(C)c2)[nH]1)C(C)C. The van der Waals surface area contributed by atoms with Gasteiger partial charge in [0.25, 0.3) is 5.91 Å². The number of carbonyl (C=O) groups is 3. The van der Waals surface area contributed by atoms with Crippen LogP contribution in [0.4, 0.5) is 16.3 Å². The van der Waals surface area contributed by atoms with Crippen LogP contribution in [0.15, 0.2) is 60.9 Å². The van der Waals surface area contributed by atoms with E-state index in [0.717, 1.165) is 76.8 Å². The molecule has 12 nitrogen and oxygen atoms in total. The van der Waals surface area contributed by atoms with Crippen LogP contribution in [0.1, 0.15) is 73.9 Å². The maximum atomic E-state index is 13.5. The molecular weight excluding hydrogens is 656 g/mol. The summed E-state index contributed by atoms with van der Waals surface area (Å²) in [4.78, 5) is 55.5. The quantitative estimate of drug-likeness (QED) is 0.160. The lowest BCUT2D eigenvalue weighted by Gasteiger charge is -2.38. The molecule has 0 saturated carbocycles. The number of hydrogen-bond acceptors (Lipinski definition) is 8. The van der Waals surface area contributed by atoms with Crippen LogP contribution < -0.4 is 20.9 Å². The number of aromatic amines is 1. The topological polar surface area (TPSA) is 145 Å². The fourth-order valence-electron chi connectivity index (χ4n) is 7.26. The second kappa shape index (κ2) is 15.6. The second-order valence-electron chi connectivity index (χ2n) is 14.5. The van der Waals surface area contributed by atoms with E-state index in [9.17, 15) is 14.4 Å². The van der Waals surface area contributed by atoms with Gasteiger partial charge in [-0.3, -0.25) is 9.59 Å². The summed E-state index contributed by atoms with van der Waals surface area (Å²) in [5.74, 6) is 1.17. The van der Waals surface area contributed by atoms with Gasteiger partial charge in [-0.2, -0.15) is 0 Å². The number of carbonyl (C=O) groups excluding carboxylic acids is 3. The van der Waals surface area contributed by atoms with Crippen molar-refractivity contribution in [2.24, 2.45) is 5.92 Å². The largest absolute Gasteiger partial charge is 0.453 e. The third kappa shape index (κ3) is 7.81. The Labute approximate surface area is 305 Å². The van der Waals surface area contributed by atoms with Crippen molar-refractivity contribution >= 4 is 29.4 Å². The number of likely N-dealkylation sites (tertiary alicyclic amines) is 1. The molecule has 2 aromatic carbocycles. The Hall–Kier alpha value is -5.23. The zero-order valence-electron chi connectivity index (χ0n) is 31.1. The van der Waals surface area contributed by atoms with Gasteiger partial charge in [-0.15, -0.1) is 0 Å². The fourth-order valence-corrected chi connectivity index (χ4v) is 7.26. The van der Waals surface area contributed by atoms with Crippen molar-refractivity contribution in [3.63, 3.8) is 0 Å². The molecule has 2 fully saturated rings. The summed E-state index contributed by atoms with van der Waals surface area (Å²) in [5, 5.41) is 9.22. The molecular formula is C40H50N8O4. The molecule has 52 heavy (non-hydrogen) atoms. The molecule has 4 atom stereocenters. The van der Waals surface area contributed by atoms with E-state index in [1.165, 1.54) is 7.11 Å². The van der Waals surface area contributed by atoms with Gasteiger partial charge >= 0.3 is 6.09 Å². The average Bonchev–Trinajstić information content (AvgIpc) is 3.82. The summed E-state index contributed by atoms with van der Waals surface area (Å²) < 4.78 is 4.76. The molecule has 12 heteroatoms. The number of rotatable bonds is 9. The first-order chi connectivity index (χ1) is 24.9. The Bertz CT molecular complexity index is 1920. The van der Waals surface area contributed by atoms with E-state index >= 15 is 0 Å². The lowest BCUT2D eigenvalue weighted by atomic mass is 9.94. The Kier molecular flexibility index (Phi) is 10.9. The van der Waals surface area contributed by atoms with Crippen LogP contribution in [0.5, 0.6) is 0 Å². The highest BCUT2D eigenvalue weighted by Gasteiger charge is 2.37. The van der Waals surface area contributed by atoms with Crippen molar-refractivity contribution in [2.45, 2.75) is 78.6 Å². The molecule has 4 heterocycles. The van der Waals surface area contributed by atoms with E-state index in [1.54, 1.807) is 6.20 Å². The number of benzene rings is 2. The van der Waals surface area contributed by atoms with Crippen molar-refractivity contribution in [2.75, 3.05) is 37.0 Å². The molecule has 3 amide bonds. The van der Waals surface area contributed by atoms with Crippen molar-refractivity contribution in [1.29, 1.82) is 0 Å². The number of H-pyrrole nitrogens is 1. The van der Waals surface area contributed by atoms with Gasteiger partial charge in [-0.25, -0.2) is 14.8 Å². The Morgan fingerprint density at radius 2 is 1.71 bits per heavy atom. The van der Waals surface area contributed by atoms with Crippen molar-refractivity contribution in [3.8, 4) is 22.4 Å². The molecule has 0 spiro atoms. The Balaban J connectivity index is 1.12. The van der Waals surface area contributed by atoms with Crippen molar-refractivity contribution in [1.82, 2.24) is 30.5 Å². The van der Waals surface area contributed by atoms with Crippen LogP contribution in [-0.4, -0.2) is 82.6 Å². The molecule has 2 aliphatic heterocycles. The third-order valence-corrected chi connectivity index (χ3v) is 10.2. The van der Waals surface area contributed by atoms with Crippen LogP contribution >= 0.6 is 0 Å². The lowest BCUT2D eigenvalue weighted by molar-refractivity contribution is -0.135. The maximum Gasteiger partial charge on any atom is 0.407 e. The monoisotopic (exact) mass is 706 g/mol. The number of amides is 3. The van der Waals surface area contributed by atoms with Crippen LogP contribution in [0, 0.1) is 19.8 Å². The summed E-state index contributed by atoms with van der Waals surface area (Å²) >= 11 is 0. The van der Waals surface area contributed by atoms with E-state index in [0.29, 0.717) is 24.2 Å². The van der Waals surface area contributed by atoms with E-state index in [-0.39, 0.29) is 23.8 Å². The van der Waals surface area contributed by atoms with Gasteiger partial charge in [0, 0.05) is 43.6 Å². The molecule has 4 aromatic rings. The van der Waals surface area contributed by atoms with E-state index in [1.807, 2.05) is 62.2 Å². The predicted octanol–water partition coefficient (Wildman–Crippen LogP) is 6.24. The molecule has 0 radical (unpaired) electrons. The number of nitrogens with one attached hydrogen (secondary N) is 4. The highest BCUT2D eigenvalue weighted by atomic mass is 16.5. The number of anilines is 2. The van der Waals surface area contributed by atoms with Crippen molar-refractivity contribution < 1.29 is 19.1 Å². The highest BCUT2D eigenvalue weighted by Crippen LogP contribution is 2.35. The molecule has 274 valence electrons. The number of imidazole rings is 1. The molecule has 0 unspecified atom stereocenters. The number of ether oxygens (including phenoxy) is 1. The van der Waals surface area contributed by atoms with Crippen LogP contribution in [0.25, 0.3) is 22.4 Å². The zero-order valence-corrected chi connectivity index (χ0v) is 31.1. The standard InChI is InChI=1S/C40H50N8O4/c1-23(2)36(46-40(51)52-7)39(50)47-16-8-9-34(47)37-43-21-33(45-37)28-10-13-31(24(3)17-28)32-14-12-30(18-25(32)4)44-38(49)29-11-15-35(42-20-29)48-22-26(5)41-19-27(48)6/h10-15,17-18,20-21,23,26-27,34,36,41H,8-9,16,19,22H2,1-7H3,(H,43,45)(H,44,49)(H,46,51)/t26-,27+,34-,36-/m0/s1. The molecule has 2 aromatic heterocycles. The summed E-state index contributed by atoms with van der Waals surface area (Å²) in [6.07, 6.45) is 4.48. The number of pyridine rings is 1. The zero-order chi connectivity index (χ0) is 37.1. The lowest BCUT2D eigenvalue weighted by Crippen LogP contribution is -2.54. The molecule has 6 rings (SSSR count). The minimum absolute atomic E-state index is 0.100. The predicted molar refractivity (Wildman–Crippen MR) is 203 cm³/mol. The van der Waals surface area contributed by atoms with E-state index in [4.69, 9.17) is 9.72 Å². The maximum absolute atomic E-state index is 13.5. The van der Waals surface area contributed by atoms with Gasteiger partial charge in [0.1, 0.15) is 17.7 Å². The van der Waals surface area contributed by atoms with Gasteiger partial charge in [0.15, 0.2) is 0 Å². The van der Waals surface area contributed by atoms with Crippen molar-refractivity contribution in [3.05, 3.63) is 83.4 Å². The number of nitrogens with zero attached hydrogens (tertiary/aromatic N) is 4. The van der Waals surface area contributed by atoms with Crippen LogP contribution in [-0.2, 0) is 9.53 Å². The Morgan fingerprint density at radius 3 is 2.38 bits per heavy atom. The number of hydrogen-bond donors (Lipinski definition) is 4. The number of methoxy groups -OCH3 is 1. The number of aromatic nitrogens is 3. The third-order valence-electron chi connectivity index (χ3n) is 10.2. The minimum atomic E-state index is -0.683. The van der Waals surface area contributed by atoms with Gasteiger partial charge in [-0.1, -0.05) is 32.0 Å². The molecule has 0 bridgehead atoms. The first-order valence-corrected chi connectivity index (χ1v) is 18.1. The summed E-state index contributed by atoms with van der Waals surface area (Å²) in [6, 6.07) is 15.9. The summed E-state index contributed by atoms with van der Waals surface area (Å²) in [5.41, 5.74) is 7.41. The first-order valence-electron chi connectivity index (χ1n) is 18.1. The van der Waals surface area contributed by atoms with Gasteiger partial charge in [-0.05, 0) is 105 Å². The molecule has 2 saturated heterocycles. The van der Waals surface area contributed by atoms with Crippen LogP contribution in [0.3, 0.4) is 0 Å². The first kappa shape index (κ1) is 36.6. The molecule has 2 aliphatic rings. The van der Waals surface area contributed by atoms with Gasteiger partial charge in [0.05, 0.1) is 30.6 Å². The number of piperazine rings is 1. The number of aryl methyl sites for hydroxylation is 2. The average molecular weight is 707 g/mol. The molecule has 0 aliphatic carbocycles. The molecule has 4 N–H and O–H groups in total. The number of alkyl carbamates (subject to hydrolysis) is 1. The normalized spacial score (nSPS) is 19.4.